The smallest absolute Gasteiger partial charge is 0.270 e. The van der Waals surface area contributed by atoms with Gasteiger partial charge in [-0.05, 0) is 42.3 Å². The van der Waals surface area contributed by atoms with Crippen molar-refractivity contribution in [2.24, 2.45) is 0 Å². The molecule has 1 aromatic heterocycles. The molecule has 0 radical (unpaired) electrons. The molecule has 2 N–H and O–H groups in total. The van der Waals surface area contributed by atoms with Crippen molar-refractivity contribution in [3.8, 4) is 11.5 Å². The average Bonchev–Trinajstić information content (AvgIpc) is 3.26. The lowest BCUT2D eigenvalue weighted by Gasteiger charge is -2.18. The SMILES string of the molecule is CC[C@@H](NS(=O)(=O)c1nnc(NC(=O)c2ccc(Cl)cc2Cl)s1)c1ccc(OC)c(OC)c1. The highest BCUT2D eigenvalue weighted by Crippen LogP contribution is 2.32. The third-order valence-electron chi connectivity index (χ3n) is 4.55. The molecule has 0 unspecified atom stereocenters. The summed E-state index contributed by atoms with van der Waals surface area (Å²) in [5.74, 6) is 0.445. The fourth-order valence-corrected chi connectivity index (χ4v) is 5.61. The lowest BCUT2D eigenvalue weighted by molar-refractivity contribution is 0.102. The number of nitrogens with zero attached hydrogens (tertiary/aromatic N) is 2. The van der Waals surface area contributed by atoms with Crippen LogP contribution in [0, 0.1) is 0 Å². The maximum absolute atomic E-state index is 12.9. The Morgan fingerprint density at radius 2 is 1.82 bits per heavy atom. The third-order valence-corrected chi connectivity index (χ3v) is 7.77. The topological polar surface area (TPSA) is 120 Å². The number of anilines is 1. The fourth-order valence-electron chi connectivity index (χ4n) is 2.90. The van der Waals surface area contributed by atoms with Crippen LogP contribution in [0.1, 0.15) is 35.3 Å². The first-order valence-corrected chi connectivity index (χ1v) is 12.6. The molecular formula is C20H20Cl2N4O5S2. The lowest BCUT2D eigenvalue weighted by Crippen LogP contribution is -2.28. The molecule has 0 spiro atoms. The highest BCUT2D eigenvalue weighted by atomic mass is 35.5. The van der Waals surface area contributed by atoms with Crippen LogP contribution in [0.4, 0.5) is 5.13 Å². The summed E-state index contributed by atoms with van der Waals surface area (Å²) in [6.07, 6.45) is 0.464. The molecule has 1 heterocycles. The molecule has 0 fully saturated rings. The summed E-state index contributed by atoms with van der Waals surface area (Å²) >= 11 is 12.6. The maximum atomic E-state index is 12.9. The van der Waals surface area contributed by atoms with E-state index in [0.717, 1.165) is 0 Å². The molecule has 1 amide bonds. The second-order valence-electron chi connectivity index (χ2n) is 6.65. The second kappa shape index (κ2) is 10.7. The summed E-state index contributed by atoms with van der Waals surface area (Å²) in [5, 5.41) is 10.5. The van der Waals surface area contributed by atoms with Crippen molar-refractivity contribution < 1.29 is 22.7 Å². The fraction of sp³-hybridized carbons (Fsp3) is 0.250. The van der Waals surface area contributed by atoms with Crippen LogP contribution in [-0.2, 0) is 10.0 Å². The van der Waals surface area contributed by atoms with Gasteiger partial charge in [0, 0.05) is 11.1 Å². The van der Waals surface area contributed by atoms with Crippen LogP contribution in [0.5, 0.6) is 11.5 Å². The first-order chi connectivity index (χ1) is 15.7. The number of carbonyl (C=O) groups is 1. The zero-order valence-corrected chi connectivity index (χ0v) is 20.9. The number of rotatable bonds is 9. The minimum Gasteiger partial charge on any atom is -0.493 e. The molecule has 2 aromatic carbocycles. The summed E-state index contributed by atoms with van der Waals surface area (Å²) in [4.78, 5) is 12.4. The maximum Gasteiger partial charge on any atom is 0.270 e. The molecule has 0 aliphatic heterocycles. The number of nitrogens with one attached hydrogen (secondary N) is 2. The quantitative estimate of drug-likeness (QED) is 0.389. The van der Waals surface area contributed by atoms with Gasteiger partial charge in [0.1, 0.15) is 0 Å². The Morgan fingerprint density at radius 3 is 2.45 bits per heavy atom. The number of ether oxygens (including phenoxy) is 2. The van der Waals surface area contributed by atoms with Gasteiger partial charge in [0.25, 0.3) is 15.9 Å². The van der Waals surface area contributed by atoms with Gasteiger partial charge in [0.05, 0.1) is 24.8 Å². The Balaban J connectivity index is 1.77. The minimum absolute atomic E-state index is 0.00515. The number of amides is 1. The molecule has 176 valence electrons. The molecule has 0 saturated carbocycles. The first-order valence-electron chi connectivity index (χ1n) is 9.52. The number of methoxy groups -OCH3 is 2. The zero-order valence-electron chi connectivity index (χ0n) is 17.8. The van der Waals surface area contributed by atoms with Crippen LogP contribution in [0.2, 0.25) is 10.0 Å². The van der Waals surface area contributed by atoms with Gasteiger partial charge in [-0.3, -0.25) is 10.1 Å². The van der Waals surface area contributed by atoms with E-state index in [4.69, 9.17) is 32.7 Å². The van der Waals surface area contributed by atoms with Gasteiger partial charge in [-0.25, -0.2) is 13.1 Å². The summed E-state index contributed by atoms with van der Waals surface area (Å²) in [5.41, 5.74) is 0.854. The monoisotopic (exact) mass is 530 g/mol. The van der Waals surface area contributed by atoms with E-state index in [2.05, 4.69) is 20.2 Å². The number of hydrogen-bond acceptors (Lipinski definition) is 8. The summed E-state index contributed by atoms with van der Waals surface area (Å²) in [6, 6.07) is 9.00. The normalized spacial score (nSPS) is 12.3. The van der Waals surface area contributed by atoms with Crippen molar-refractivity contribution in [1.29, 1.82) is 0 Å². The predicted octanol–water partition coefficient (Wildman–Crippen LogP) is 4.54. The minimum atomic E-state index is -4.02. The summed E-state index contributed by atoms with van der Waals surface area (Å²) in [7, 11) is -1.00. The average molecular weight is 531 g/mol. The number of hydrogen-bond donors (Lipinski definition) is 2. The Labute approximate surface area is 205 Å². The standard InChI is InChI=1S/C20H20Cl2N4O5S2/c1-4-15(11-5-8-16(30-2)17(9-11)31-3)26-33(28,29)20-25-24-19(32-20)23-18(27)13-7-6-12(21)10-14(13)22/h5-10,15,26H,4H2,1-3H3,(H,23,24,27)/t15-/m1/s1. The number of carbonyl (C=O) groups excluding carboxylic acids is 1. The summed E-state index contributed by atoms with van der Waals surface area (Å²) < 4.78 is 38.7. The van der Waals surface area contributed by atoms with Gasteiger partial charge in [-0.2, -0.15) is 0 Å². The number of benzene rings is 2. The largest absolute Gasteiger partial charge is 0.493 e. The highest BCUT2D eigenvalue weighted by molar-refractivity contribution is 7.91. The van der Waals surface area contributed by atoms with Gasteiger partial charge in [-0.15, -0.1) is 10.2 Å². The Bertz CT molecular complexity index is 1270. The van der Waals surface area contributed by atoms with E-state index >= 15 is 0 Å². The molecule has 0 bridgehead atoms. The molecule has 13 heteroatoms. The molecular weight excluding hydrogens is 511 g/mol. The van der Waals surface area contributed by atoms with E-state index in [1.54, 1.807) is 18.2 Å². The van der Waals surface area contributed by atoms with E-state index < -0.39 is 22.0 Å². The highest BCUT2D eigenvalue weighted by Gasteiger charge is 2.26. The number of sulfonamides is 1. The Morgan fingerprint density at radius 1 is 1.09 bits per heavy atom. The van der Waals surface area contributed by atoms with E-state index in [0.29, 0.717) is 39.8 Å². The van der Waals surface area contributed by atoms with E-state index in [-0.39, 0.29) is 20.1 Å². The number of aromatic nitrogens is 2. The van der Waals surface area contributed by atoms with Gasteiger partial charge >= 0.3 is 0 Å². The predicted molar refractivity (Wildman–Crippen MR) is 127 cm³/mol. The Hall–Kier alpha value is -2.44. The molecule has 0 aliphatic rings. The lowest BCUT2D eigenvalue weighted by atomic mass is 10.1. The van der Waals surface area contributed by atoms with Crippen LogP contribution in [0.3, 0.4) is 0 Å². The van der Waals surface area contributed by atoms with Gasteiger partial charge in [0.2, 0.25) is 9.47 Å². The van der Waals surface area contributed by atoms with E-state index in [1.807, 2.05) is 6.92 Å². The third kappa shape index (κ3) is 5.92. The van der Waals surface area contributed by atoms with Crippen molar-refractivity contribution in [3.63, 3.8) is 0 Å². The molecule has 9 nitrogen and oxygen atoms in total. The van der Waals surface area contributed by atoms with Crippen LogP contribution in [0.25, 0.3) is 0 Å². The van der Waals surface area contributed by atoms with Crippen LogP contribution in [0.15, 0.2) is 40.7 Å². The van der Waals surface area contributed by atoms with E-state index in [1.165, 1.54) is 32.4 Å². The van der Waals surface area contributed by atoms with Crippen molar-refractivity contribution in [3.05, 3.63) is 57.6 Å². The summed E-state index contributed by atoms with van der Waals surface area (Å²) in [6.45, 7) is 1.84. The molecule has 1 atom stereocenters. The zero-order chi connectivity index (χ0) is 24.2. The molecule has 33 heavy (non-hydrogen) atoms. The molecule has 3 rings (SSSR count). The molecule has 3 aromatic rings. The molecule has 0 saturated heterocycles. The second-order valence-corrected chi connectivity index (χ2v) is 10.4. The van der Waals surface area contributed by atoms with Gasteiger partial charge < -0.3 is 9.47 Å². The Kier molecular flexibility index (Phi) is 8.14. The van der Waals surface area contributed by atoms with Crippen molar-refractivity contribution in [1.82, 2.24) is 14.9 Å². The van der Waals surface area contributed by atoms with Crippen LogP contribution < -0.4 is 19.5 Å². The number of halogens is 2. The van der Waals surface area contributed by atoms with E-state index in [9.17, 15) is 13.2 Å². The van der Waals surface area contributed by atoms with Crippen molar-refractivity contribution in [2.75, 3.05) is 19.5 Å². The first kappa shape index (κ1) is 25.2. The van der Waals surface area contributed by atoms with Gasteiger partial charge in [-0.1, -0.05) is 47.5 Å². The molecule has 0 aliphatic carbocycles. The van der Waals surface area contributed by atoms with Crippen LogP contribution >= 0.6 is 34.5 Å². The van der Waals surface area contributed by atoms with Crippen molar-refractivity contribution in [2.45, 2.75) is 23.7 Å². The van der Waals surface area contributed by atoms with Crippen LogP contribution in [-0.4, -0.2) is 38.7 Å². The van der Waals surface area contributed by atoms with Crippen molar-refractivity contribution >= 4 is 55.6 Å². The van der Waals surface area contributed by atoms with Gasteiger partial charge in [0.15, 0.2) is 11.5 Å².